The van der Waals surface area contributed by atoms with E-state index in [4.69, 9.17) is 0 Å². The molecule has 1 fully saturated rings. The van der Waals surface area contributed by atoms with Gasteiger partial charge in [-0.15, -0.1) is 0 Å². The van der Waals surface area contributed by atoms with Gasteiger partial charge in [-0.05, 0) is 38.3 Å². The van der Waals surface area contributed by atoms with Crippen molar-refractivity contribution in [3.8, 4) is 0 Å². The van der Waals surface area contributed by atoms with Gasteiger partial charge in [-0.2, -0.15) is 13.2 Å². The number of nitrogens with zero attached hydrogens (tertiary/aromatic N) is 1. The first kappa shape index (κ1) is 15.6. The molecule has 1 saturated carbocycles. The predicted octanol–water partition coefficient (Wildman–Crippen LogP) is 4.16. The van der Waals surface area contributed by atoms with E-state index in [0.717, 1.165) is 24.5 Å². The lowest BCUT2D eigenvalue weighted by Gasteiger charge is -2.23. The van der Waals surface area contributed by atoms with Gasteiger partial charge in [0.1, 0.15) is 0 Å². The molecule has 21 heavy (non-hydrogen) atoms. The van der Waals surface area contributed by atoms with Gasteiger partial charge in [-0.3, -0.25) is 4.79 Å². The van der Waals surface area contributed by atoms with Gasteiger partial charge in [0.05, 0.1) is 5.56 Å². The molecule has 0 N–H and O–H groups in total. The molecule has 0 bridgehead atoms. The van der Waals surface area contributed by atoms with Crippen LogP contribution in [-0.2, 0) is 17.5 Å². The fourth-order valence-corrected chi connectivity index (χ4v) is 2.22. The summed E-state index contributed by atoms with van der Waals surface area (Å²) in [6.07, 6.45) is -1.20. The fraction of sp³-hybridized carbons (Fsp3) is 0.438. The monoisotopic (exact) mass is 297 g/mol. The average Bonchev–Trinajstić information content (AvgIpc) is 3.18. The van der Waals surface area contributed by atoms with E-state index in [1.165, 1.54) is 23.1 Å². The number of hydrogen-bond acceptors (Lipinski definition) is 1. The minimum Gasteiger partial charge on any atom is -0.332 e. The highest BCUT2D eigenvalue weighted by Crippen LogP contribution is 2.34. The maximum absolute atomic E-state index is 13.0. The first-order valence-electron chi connectivity index (χ1n) is 6.89. The van der Waals surface area contributed by atoms with Crippen LogP contribution in [0.25, 0.3) is 0 Å². The van der Waals surface area contributed by atoms with Crippen molar-refractivity contribution in [1.82, 2.24) is 4.90 Å². The van der Waals surface area contributed by atoms with Crippen molar-refractivity contribution >= 4 is 5.91 Å². The molecule has 0 aliphatic heterocycles. The second-order valence-electron chi connectivity index (χ2n) is 5.57. The Labute approximate surface area is 122 Å². The van der Waals surface area contributed by atoms with Crippen LogP contribution in [0, 0.1) is 0 Å². The first-order chi connectivity index (χ1) is 9.79. The minimum absolute atomic E-state index is 0.00294. The lowest BCUT2D eigenvalue weighted by atomic mass is 10.1. The number of halogens is 3. The molecule has 1 aliphatic rings. The average molecular weight is 297 g/mol. The Hall–Kier alpha value is -1.78. The molecule has 0 spiro atoms. The Morgan fingerprint density at radius 3 is 2.43 bits per heavy atom. The fourth-order valence-electron chi connectivity index (χ4n) is 2.22. The van der Waals surface area contributed by atoms with Crippen molar-refractivity contribution in [1.29, 1.82) is 0 Å². The molecule has 1 aromatic rings. The number of carbonyl (C=O) groups is 1. The Morgan fingerprint density at radius 1 is 1.29 bits per heavy atom. The normalized spacial score (nSPS) is 14.7. The van der Waals surface area contributed by atoms with Crippen LogP contribution in [-0.4, -0.2) is 16.8 Å². The predicted molar refractivity (Wildman–Crippen MR) is 74.4 cm³/mol. The number of alkyl halides is 3. The van der Waals surface area contributed by atoms with Gasteiger partial charge < -0.3 is 4.90 Å². The maximum Gasteiger partial charge on any atom is 0.416 e. The zero-order valence-corrected chi connectivity index (χ0v) is 12.1. The van der Waals surface area contributed by atoms with Gasteiger partial charge in [-0.25, -0.2) is 0 Å². The molecule has 0 atom stereocenters. The van der Waals surface area contributed by atoms with Crippen LogP contribution >= 0.6 is 0 Å². The van der Waals surface area contributed by atoms with Crippen LogP contribution in [0.1, 0.15) is 37.8 Å². The number of carbonyl (C=O) groups excluding carboxylic acids is 1. The summed E-state index contributed by atoms with van der Waals surface area (Å²) < 4.78 is 39.0. The maximum atomic E-state index is 13.0. The van der Waals surface area contributed by atoms with E-state index in [1.54, 1.807) is 19.9 Å². The third kappa shape index (κ3) is 4.09. The van der Waals surface area contributed by atoms with E-state index >= 15 is 0 Å². The Morgan fingerprint density at radius 2 is 1.90 bits per heavy atom. The highest BCUT2D eigenvalue weighted by molar-refractivity contribution is 5.88. The van der Waals surface area contributed by atoms with Gasteiger partial charge in [-0.1, -0.05) is 23.8 Å². The molecule has 1 amide bonds. The van der Waals surface area contributed by atoms with E-state index < -0.39 is 11.7 Å². The van der Waals surface area contributed by atoms with Crippen LogP contribution < -0.4 is 0 Å². The summed E-state index contributed by atoms with van der Waals surface area (Å²) in [5.74, 6) is -0.213. The van der Waals surface area contributed by atoms with Crippen LogP contribution in [0.4, 0.5) is 13.2 Å². The van der Waals surface area contributed by atoms with Crippen LogP contribution in [0.2, 0.25) is 0 Å². The Balaban J connectivity index is 2.26. The SMILES string of the molecule is CC(C)=CC(=O)N(Cc1ccccc1C(F)(F)F)C1CC1. The number of rotatable bonds is 4. The molecule has 5 heteroatoms. The number of amides is 1. The van der Waals surface area contributed by atoms with Gasteiger partial charge in [0.2, 0.25) is 5.91 Å². The largest absolute Gasteiger partial charge is 0.416 e. The lowest BCUT2D eigenvalue weighted by molar-refractivity contribution is -0.139. The van der Waals surface area contributed by atoms with E-state index in [9.17, 15) is 18.0 Å². The van der Waals surface area contributed by atoms with Crippen LogP contribution in [0.5, 0.6) is 0 Å². The summed E-state index contributed by atoms with van der Waals surface area (Å²) in [4.78, 5) is 13.7. The Kier molecular flexibility index (Phi) is 4.40. The summed E-state index contributed by atoms with van der Waals surface area (Å²) >= 11 is 0. The van der Waals surface area contributed by atoms with Crippen molar-refractivity contribution in [3.63, 3.8) is 0 Å². The van der Waals surface area contributed by atoms with Crippen molar-refractivity contribution in [2.24, 2.45) is 0 Å². The number of benzene rings is 1. The molecule has 0 aromatic heterocycles. The highest BCUT2D eigenvalue weighted by atomic mass is 19.4. The number of hydrogen-bond donors (Lipinski definition) is 0. The highest BCUT2D eigenvalue weighted by Gasteiger charge is 2.36. The second kappa shape index (κ2) is 5.92. The summed E-state index contributed by atoms with van der Waals surface area (Å²) in [5.41, 5.74) is 0.322. The van der Waals surface area contributed by atoms with Crippen LogP contribution in [0.3, 0.4) is 0 Å². The van der Waals surface area contributed by atoms with Crippen molar-refractivity contribution in [3.05, 3.63) is 47.0 Å². The lowest BCUT2D eigenvalue weighted by Crippen LogP contribution is -2.32. The molecule has 1 aliphatic carbocycles. The molecule has 114 valence electrons. The first-order valence-corrected chi connectivity index (χ1v) is 6.89. The second-order valence-corrected chi connectivity index (χ2v) is 5.57. The van der Waals surface area contributed by atoms with Gasteiger partial charge >= 0.3 is 6.18 Å². The third-order valence-corrected chi connectivity index (χ3v) is 3.35. The van der Waals surface area contributed by atoms with E-state index in [-0.39, 0.29) is 24.1 Å². The number of allylic oxidation sites excluding steroid dienone is 1. The molecular formula is C16H18F3NO. The van der Waals surface area contributed by atoms with Gasteiger partial charge in [0.15, 0.2) is 0 Å². The van der Waals surface area contributed by atoms with Gasteiger partial charge in [0.25, 0.3) is 0 Å². The summed E-state index contributed by atoms with van der Waals surface area (Å²) in [6.45, 7) is 3.60. The zero-order valence-electron chi connectivity index (χ0n) is 12.1. The van der Waals surface area contributed by atoms with E-state index in [0.29, 0.717) is 0 Å². The topological polar surface area (TPSA) is 20.3 Å². The van der Waals surface area contributed by atoms with E-state index in [2.05, 4.69) is 0 Å². The molecule has 2 rings (SSSR count). The molecule has 0 saturated heterocycles. The minimum atomic E-state index is -4.40. The van der Waals surface area contributed by atoms with Crippen LogP contribution in [0.15, 0.2) is 35.9 Å². The van der Waals surface area contributed by atoms with Crippen molar-refractivity contribution in [2.45, 2.75) is 45.5 Å². The third-order valence-electron chi connectivity index (χ3n) is 3.35. The standard InChI is InChI=1S/C16H18F3NO/c1-11(2)9-15(21)20(13-7-8-13)10-12-5-3-4-6-14(12)16(17,18)19/h3-6,9,13H,7-8,10H2,1-2H3. The smallest absolute Gasteiger partial charge is 0.332 e. The van der Waals surface area contributed by atoms with E-state index in [1.807, 2.05) is 0 Å². The summed E-state index contributed by atoms with van der Waals surface area (Å²) in [6, 6.07) is 5.50. The molecule has 2 nitrogen and oxygen atoms in total. The molecule has 0 radical (unpaired) electrons. The summed E-state index contributed by atoms with van der Waals surface area (Å²) in [7, 11) is 0. The summed E-state index contributed by atoms with van der Waals surface area (Å²) in [5, 5.41) is 0. The molecule has 0 unspecified atom stereocenters. The zero-order chi connectivity index (χ0) is 15.6. The van der Waals surface area contributed by atoms with Gasteiger partial charge in [0, 0.05) is 18.7 Å². The quantitative estimate of drug-likeness (QED) is 0.764. The Bertz CT molecular complexity index is 555. The van der Waals surface area contributed by atoms with Crippen molar-refractivity contribution in [2.75, 3.05) is 0 Å². The molecular weight excluding hydrogens is 279 g/mol. The molecule has 0 heterocycles. The molecule has 1 aromatic carbocycles. The van der Waals surface area contributed by atoms with Crippen molar-refractivity contribution < 1.29 is 18.0 Å².